The number of carboxylic acid groups (broad SMARTS) is 1. The monoisotopic (exact) mass is 363 g/mol. The molecular formula is C22H21NO4. The number of methoxy groups -OCH3 is 1. The van der Waals surface area contributed by atoms with Crippen LogP contribution in [0.25, 0.3) is 6.08 Å². The minimum absolute atomic E-state index is 0.104. The maximum Gasteiger partial charge on any atom is 0.371 e. The number of carbonyl (C=O) groups is 1. The molecule has 0 aliphatic rings. The zero-order chi connectivity index (χ0) is 19.3. The van der Waals surface area contributed by atoms with Crippen molar-refractivity contribution in [1.29, 1.82) is 0 Å². The highest BCUT2D eigenvalue weighted by atomic mass is 16.5. The van der Waals surface area contributed by atoms with Gasteiger partial charge in [0.1, 0.15) is 12.4 Å². The summed E-state index contributed by atoms with van der Waals surface area (Å²) in [6.45, 7) is 0.495. The molecule has 0 spiro atoms. The average Bonchev–Trinajstić information content (AvgIpc) is 2.73. The molecule has 1 N–H and O–H groups in total. The van der Waals surface area contributed by atoms with Gasteiger partial charge in [-0.1, -0.05) is 48.5 Å². The van der Waals surface area contributed by atoms with Crippen LogP contribution in [-0.4, -0.2) is 23.2 Å². The van der Waals surface area contributed by atoms with Gasteiger partial charge < -0.3 is 14.6 Å². The molecule has 3 aromatic rings. The summed E-state index contributed by atoms with van der Waals surface area (Å²) in [5, 5.41) is 8.88. The van der Waals surface area contributed by atoms with Gasteiger partial charge in [-0.3, -0.25) is 4.98 Å². The molecule has 0 radical (unpaired) electrons. The van der Waals surface area contributed by atoms with E-state index >= 15 is 0 Å². The van der Waals surface area contributed by atoms with Crippen LogP contribution in [0.5, 0.6) is 5.75 Å². The molecule has 0 saturated heterocycles. The zero-order valence-electron chi connectivity index (χ0n) is 15.0. The predicted octanol–water partition coefficient (Wildman–Crippen LogP) is 4.42. The minimum atomic E-state index is -1.10. The van der Waals surface area contributed by atoms with Gasteiger partial charge in [-0.05, 0) is 41.5 Å². The lowest BCUT2D eigenvalue weighted by atomic mass is 10.2. The Morgan fingerprint density at radius 2 is 1.59 bits per heavy atom. The minimum Gasteiger partial charge on any atom is -0.490 e. The van der Waals surface area contributed by atoms with Crippen LogP contribution in [0, 0.1) is 0 Å². The van der Waals surface area contributed by atoms with Crippen LogP contribution in [0.3, 0.4) is 0 Å². The van der Waals surface area contributed by atoms with Gasteiger partial charge in [-0.25, -0.2) is 4.79 Å². The van der Waals surface area contributed by atoms with Gasteiger partial charge in [-0.15, -0.1) is 0 Å². The number of pyridine rings is 1. The molecule has 0 aliphatic heterocycles. The van der Waals surface area contributed by atoms with Crippen molar-refractivity contribution in [2.24, 2.45) is 0 Å². The fourth-order valence-corrected chi connectivity index (χ4v) is 2.07. The van der Waals surface area contributed by atoms with E-state index in [1.807, 2.05) is 48.5 Å². The Morgan fingerprint density at radius 3 is 2.07 bits per heavy atom. The van der Waals surface area contributed by atoms with Crippen LogP contribution in [0.15, 0.2) is 90.9 Å². The number of hydrogen-bond acceptors (Lipinski definition) is 4. The van der Waals surface area contributed by atoms with E-state index < -0.39 is 5.97 Å². The molecule has 2 aromatic carbocycles. The lowest BCUT2D eigenvalue weighted by molar-refractivity contribution is -0.135. The molecule has 1 heterocycles. The molecule has 0 atom stereocenters. The highest BCUT2D eigenvalue weighted by Crippen LogP contribution is 2.16. The fraction of sp³-hybridized carbons (Fsp3) is 0.0909. The summed E-state index contributed by atoms with van der Waals surface area (Å²) in [5.41, 5.74) is 1.83. The van der Waals surface area contributed by atoms with Crippen molar-refractivity contribution in [3.8, 4) is 5.75 Å². The Balaban J connectivity index is 0.000000369. The summed E-state index contributed by atoms with van der Waals surface area (Å²) >= 11 is 0. The third-order valence-electron chi connectivity index (χ3n) is 3.42. The van der Waals surface area contributed by atoms with Gasteiger partial charge >= 0.3 is 5.97 Å². The van der Waals surface area contributed by atoms with Gasteiger partial charge in [-0.2, -0.15) is 0 Å². The molecule has 1 aromatic heterocycles. The number of benzene rings is 2. The Kier molecular flexibility index (Phi) is 8.11. The second-order valence-electron chi connectivity index (χ2n) is 5.39. The quantitative estimate of drug-likeness (QED) is 0.519. The third kappa shape index (κ3) is 7.44. The van der Waals surface area contributed by atoms with Crippen molar-refractivity contribution >= 4 is 12.0 Å². The molecule has 5 nitrogen and oxygen atoms in total. The maximum absolute atomic E-state index is 10.8. The van der Waals surface area contributed by atoms with E-state index in [9.17, 15) is 4.79 Å². The van der Waals surface area contributed by atoms with Crippen molar-refractivity contribution in [2.75, 3.05) is 7.11 Å². The highest BCUT2D eigenvalue weighted by molar-refractivity contribution is 5.89. The Morgan fingerprint density at radius 1 is 0.963 bits per heavy atom. The van der Waals surface area contributed by atoms with Gasteiger partial charge in [0, 0.05) is 12.4 Å². The fourth-order valence-electron chi connectivity index (χ4n) is 2.07. The van der Waals surface area contributed by atoms with Crippen LogP contribution in [0.2, 0.25) is 0 Å². The zero-order valence-corrected chi connectivity index (χ0v) is 15.0. The van der Waals surface area contributed by atoms with Crippen LogP contribution in [0.1, 0.15) is 11.1 Å². The first kappa shape index (κ1) is 19.7. The lowest BCUT2D eigenvalue weighted by Crippen LogP contribution is -2.01. The van der Waals surface area contributed by atoms with Crippen molar-refractivity contribution < 1.29 is 19.4 Å². The lowest BCUT2D eigenvalue weighted by Gasteiger charge is -2.06. The van der Waals surface area contributed by atoms with Crippen LogP contribution < -0.4 is 4.74 Å². The highest BCUT2D eigenvalue weighted by Gasteiger charge is 2.06. The summed E-state index contributed by atoms with van der Waals surface area (Å²) in [4.78, 5) is 14.6. The molecule has 0 bridgehead atoms. The molecule has 0 unspecified atom stereocenters. The summed E-state index contributed by atoms with van der Waals surface area (Å²) in [5.74, 6) is -0.472. The Hall–Kier alpha value is -3.60. The number of rotatable bonds is 6. The molecule has 0 aliphatic carbocycles. The predicted molar refractivity (Wildman–Crippen MR) is 104 cm³/mol. The summed E-state index contributed by atoms with van der Waals surface area (Å²) in [6.07, 6.45) is 4.96. The van der Waals surface area contributed by atoms with Crippen molar-refractivity contribution in [3.05, 3.63) is 102 Å². The molecule has 0 amide bonds. The van der Waals surface area contributed by atoms with E-state index in [1.54, 1.807) is 36.7 Å². The van der Waals surface area contributed by atoms with Crippen molar-refractivity contribution in [1.82, 2.24) is 4.98 Å². The number of carboxylic acids is 1. The van der Waals surface area contributed by atoms with E-state index in [-0.39, 0.29) is 5.76 Å². The summed E-state index contributed by atoms with van der Waals surface area (Å²) < 4.78 is 10.4. The van der Waals surface area contributed by atoms with E-state index in [0.29, 0.717) is 6.61 Å². The normalized spacial score (nSPS) is 10.3. The molecule has 3 rings (SSSR count). The smallest absolute Gasteiger partial charge is 0.371 e. The van der Waals surface area contributed by atoms with Crippen LogP contribution in [0.4, 0.5) is 0 Å². The largest absolute Gasteiger partial charge is 0.490 e. The maximum atomic E-state index is 10.8. The second-order valence-corrected chi connectivity index (χ2v) is 5.39. The SMILES string of the molecule is COC(=Cc1ccc(OCc2ccccc2)cc1)C(=O)O.c1ccncc1. The van der Waals surface area contributed by atoms with Crippen molar-refractivity contribution in [2.45, 2.75) is 6.61 Å². The molecule has 0 fully saturated rings. The second kappa shape index (κ2) is 11.1. The number of hydrogen-bond donors (Lipinski definition) is 1. The molecule has 0 saturated carbocycles. The molecule has 5 heteroatoms. The van der Waals surface area contributed by atoms with Crippen LogP contribution in [-0.2, 0) is 16.1 Å². The first-order chi connectivity index (χ1) is 13.2. The first-order valence-corrected chi connectivity index (χ1v) is 8.30. The topological polar surface area (TPSA) is 68.7 Å². The van der Waals surface area contributed by atoms with Crippen molar-refractivity contribution in [3.63, 3.8) is 0 Å². The van der Waals surface area contributed by atoms with E-state index in [1.165, 1.54) is 13.2 Å². The standard InChI is InChI=1S/C17H16O4.C5H5N/c1-20-16(17(18)19)11-13-7-9-15(10-8-13)21-12-14-5-3-2-4-6-14;1-2-4-6-5-3-1/h2-11H,12H2,1H3,(H,18,19);1-5H. The van der Waals surface area contributed by atoms with Crippen LogP contribution >= 0.6 is 0 Å². The van der Waals surface area contributed by atoms with E-state index in [2.05, 4.69) is 4.98 Å². The number of aromatic nitrogens is 1. The Labute approximate surface area is 158 Å². The van der Waals surface area contributed by atoms with Gasteiger partial charge in [0.15, 0.2) is 0 Å². The average molecular weight is 363 g/mol. The summed E-state index contributed by atoms with van der Waals surface area (Å²) in [6, 6.07) is 22.7. The number of ether oxygens (including phenoxy) is 2. The van der Waals surface area contributed by atoms with Gasteiger partial charge in [0.25, 0.3) is 0 Å². The molecular weight excluding hydrogens is 342 g/mol. The molecule has 27 heavy (non-hydrogen) atoms. The van der Waals surface area contributed by atoms with E-state index in [4.69, 9.17) is 14.6 Å². The molecule has 138 valence electrons. The van der Waals surface area contributed by atoms with Gasteiger partial charge in [0.05, 0.1) is 7.11 Å². The Bertz CT molecular complexity index is 804. The van der Waals surface area contributed by atoms with E-state index in [0.717, 1.165) is 16.9 Å². The summed E-state index contributed by atoms with van der Waals surface area (Å²) in [7, 11) is 1.33. The van der Waals surface area contributed by atoms with Gasteiger partial charge in [0.2, 0.25) is 5.76 Å². The first-order valence-electron chi connectivity index (χ1n) is 8.30. The number of nitrogens with zero attached hydrogens (tertiary/aromatic N) is 1. The number of aliphatic carboxylic acids is 1. The third-order valence-corrected chi connectivity index (χ3v) is 3.42.